The van der Waals surface area contributed by atoms with Crippen molar-refractivity contribution < 1.29 is 19.0 Å². The van der Waals surface area contributed by atoms with Crippen molar-refractivity contribution in [2.45, 2.75) is 13.3 Å². The van der Waals surface area contributed by atoms with Crippen LogP contribution in [0.15, 0.2) is 42.6 Å². The van der Waals surface area contributed by atoms with E-state index in [1.807, 2.05) is 6.92 Å². The number of ether oxygens (including phenoxy) is 3. The summed E-state index contributed by atoms with van der Waals surface area (Å²) in [6.07, 6.45) is 2.39. The highest BCUT2D eigenvalue weighted by atomic mass is 35.5. The van der Waals surface area contributed by atoms with Gasteiger partial charge >= 0.3 is 6.03 Å². The van der Waals surface area contributed by atoms with Crippen LogP contribution in [0.3, 0.4) is 0 Å². The fourth-order valence-electron chi connectivity index (χ4n) is 3.02. The molecule has 2 amide bonds. The van der Waals surface area contributed by atoms with Crippen molar-refractivity contribution in [1.82, 2.24) is 15.2 Å². The minimum absolute atomic E-state index is 0.312. The molecule has 2 heterocycles. The average molecular weight is 486 g/mol. The second-order valence-electron chi connectivity index (χ2n) is 6.71. The zero-order valence-electron chi connectivity index (χ0n) is 18.0. The smallest absolute Gasteiger partial charge is 0.325 e. The molecule has 0 radical (unpaired) electrons. The normalized spacial score (nSPS) is 10.7. The number of benzene rings is 2. The number of aromatic nitrogens is 3. The van der Waals surface area contributed by atoms with Crippen LogP contribution >= 0.6 is 22.9 Å². The van der Waals surface area contributed by atoms with Crippen LogP contribution in [0.4, 0.5) is 15.6 Å². The molecule has 0 fully saturated rings. The van der Waals surface area contributed by atoms with E-state index in [-0.39, 0.29) is 0 Å². The van der Waals surface area contributed by atoms with Gasteiger partial charge in [0.1, 0.15) is 16.5 Å². The van der Waals surface area contributed by atoms with Gasteiger partial charge < -0.3 is 19.5 Å². The van der Waals surface area contributed by atoms with E-state index in [0.717, 1.165) is 16.8 Å². The molecule has 33 heavy (non-hydrogen) atoms. The largest absolute Gasteiger partial charge is 0.493 e. The van der Waals surface area contributed by atoms with Crippen LogP contribution < -0.4 is 24.8 Å². The number of nitrogens with zero attached hydrogens (tertiary/aromatic N) is 3. The second kappa shape index (κ2) is 9.88. The lowest BCUT2D eigenvalue weighted by molar-refractivity contribution is 0.262. The number of carbonyl (C=O) groups excluding carboxylic acids is 1. The quantitative estimate of drug-likeness (QED) is 0.343. The Hall–Kier alpha value is -3.63. The molecule has 11 heteroatoms. The summed E-state index contributed by atoms with van der Waals surface area (Å²) < 4.78 is 16.8. The van der Waals surface area contributed by atoms with Gasteiger partial charge in [0.05, 0.1) is 30.4 Å². The van der Waals surface area contributed by atoms with E-state index in [0.29, 0.717) is 44.4 Å². The second-order valence-corrected chi connectivity index (χ2v) is 8.18. The number of rotatable bonds is 7. The Kier molecular flexibility index (Phi) is 6.76. The Morgan fingerprint density at radius 1 is 1.03 bits per heavy atom. The lowest BCUT2D eigenvalue weighted by Gasteiger charge is -2.13. The van der Waals surface area contributed by atoms with Gasteiger partial charge in [0.15, 0.2) is 11.5 Å². The molecule has 0 spiro atoms. The molecule has 0 atom stereocenters. The molecule has 0 saturated carbocycles. The van der Waals surface area contributed by atoms with E-state index >= 15 is 0 Å². The van der Waals surface area contributed by atoms with E-state index < -0.39 is 6.03 Å². The van der Waals surface area contributed by atoms with Gasteiger partial charge in [-0.2, -0.15) is 0 Å². The van der Waals surface area contributed by atoms with E-state index in [4.69, 9.17) is 25.8 Å². The molecular formula is C22H20ClN5O4S. The molecule has 0 bridgehead atoms. The third-order valence-electron chi connectivity index (χ3n) is 4.61. The molecule has 0 aliphatic carbocycles. The van der Waals surface area contributed by atoms with Crippen LogP contribution in [-0.2, 0) is 6.42 Å². The maximum absolute atomic E-state index is 12.3. The number of hydrogen-bond donors (Lipinski definition) is 2. The third-order valence-corrected chi connectivity index (χ3v) is 5.91. The first-order chi connectivity index (χ1) is 16.0. The van der Waals surface area contributed by atoms with Gasteiger partial charge in [0.2, 0.25) is 5.13 Å². The number of methoxy groups -OCH3 is 2. The summed E-state index contributed by atoms with van der Waals surface area (Å²) in [5, 5.41) is 15.5. The Morgan fingerprint density at radius 2 is 1.82 bits per heavy atom. The number of hydrogen-bond acceptors (Lipinski definition) is 8. The summed E-state index contributed by atoms with van der Waals surface area (Å²) in [6.45, 7) is 1.97. The number of carbonyl (C=O) groups is 1. The van der Waals surface area contributed by atoms with Crippen molar-refractivity contribution >= 4 is 50.7 Å². The van der Waals surface area contributed by atoms with E-state index in [2.05, 4.69) is 25.8 Å². The maximum atomic E-state index is 12.3. The van der Waals surface area contributed by atoms with Gasteiger partial charge in [0.25, 0.3) is 0 Å². The Morgan fingerprint density at radius 3 is 2.52 bits per heavy atom. The number of fused-ring (bicyclic) bond motifs is 1. The zero-order valence-corrected chi connectivity index (χ0v) is 19.6. The molecule has 0 aliphatic rings. The van der Waals surface area contributed by atoms with E-state index in [1.54, 1.807) is 56.8 Å². The standard InChI is InChI=1S/C22H20ClN5O4S/c1-4-20-27-28-22(33-20)26-21(29)25-15-6-5-12(9-14(15)23)32-17-7-8-24-16-11-19(31-3)18(30-2)10-13(16)17/h5-11H,4H2,1-3H3,(H2,25,26,28,29). The summed E-state index contributed by atoms with van der Waals surface area (Å²) in [6, 6.07) is 9.83. The molecule has 2 aromatic heterocycles. The highest BCUT2D eigenvalue weighted by Crippen LogP contribution is 2.37. The lowest BCUT2D eigenvalue weighted by Crippen LogP contribution is -2.19. The Bertz CT molecular complexity index is 1310. The van der Waals surface area contributed by atoms with Gasteiger partial charge in [-0.05, 0) is 30.7 Å². The summed E-state index contributed by atoms with van der Waals surface area (Å²) in [5.74, 6) is 2.20. The maximum Gasteiger partial charge on any atom is 0.325 e. The molecule has 2 aromatic carbocycles. The molecule has 9 nitrogen and oxygen atoms in total. The van der Waals surface area contributed by atoms with Crippen molar-refractivity contribution in [1.29, 1.82) is 0 Å². The molecule has 0 saturated heterocycles. The third kappa shape index (κ3) is 5.07. The van der Waals surface area contributed by atoms with Crippen LogP contribution in [0, 0.1) is 0 Å². The number of urea groups is 1. The lowest BCUT2D eigenvalue weighted by atomic mass is 10.2. The number of anilines is 2. The minimum atomic E-state index is -0.467. The van der Waals surface area contributed by atoms with Crippen LogP contribution in [0.25, 0.3) is 10.9 Å². The highest BCUT2D eigenvalue weighted by molar-refractivity contribution is 7.15. The SMILES string of the molecule is CCc1nnc(NC(=O)Nc2ccc(Oc3ccnc4cc(OC)c(OC)cc34)cc2Cl)s1. The van der Waals surface area contributed by atoms with Crippen molar-refractivity contribution in [2.75, 3.05) is 24.9 Å². The predicted molar refractivity (Wildman–Crippen MR) is 128 cm³/mol. The molecule has 4 rings (SSSR count). The fraction of sp³-hybridized carbons (Fsp3) is 0.182. The van der Waals surface area contributed by atoms with Crippen molar-refractivity contribution in [3.8, 4) is 23.0 Å². The summed E-state index contributed by atoms with van der Waals surface area (Å²) in [7, 11) is 3.13. The molecule has 0 unspecified atom stereocenters. The average Bonchev–Trinajstić information content (AvgIpc) is 3.27. The van der Waals surface area contributed by atoms with Crippen LogP contribution in [0.1, 0.15) is 11.9 Å². The Labute approximate surface area is 198 Å². The van der Waals surface area contributed by atoms with Crippen LogP contribution in [0.5, 0.6) is 23.0 Å². The minimum Gasteiger partial charge on any atom is -0.493 e. The van der Waals surface area contributed by atoms with Crippen LogP contribution in [-0.4, -0.2) is 35.4 Å². The molecule has 2 N–H and O–H groups in total. The van der Waals surface area contributed by atoms with Crippen molar-refractivity contribution in [3.63, 3.8) is 0 Å². The number of pyridine rings is 1. The highest BCUT2D eigenvalue weighted by Gasteiger charge is 2.13. The van der Waals surface area contributed by atoms with Gasteiger partial charge in [-0.25, -0.2) is 4.79 Å². The van der Waals surface area contributed by atoms with Crippen LogP contribution in [0.2, 0.25) is 5.02 Å². The summed E-state index contributed by atoms with van der Waals surface area (Å²) in [4.78, 5) is 16.6. The molecular weight excluding hydrogens is 466 g/mol. The number of halogens is 1. The number of nitrogens with one attached hydrogen (secondary N) is 2. The van der Waals surface area contributed by atoms with Gasteiger partial charge in [-0.1, -0.05) is 29.9 Å². The number of aryl methyl sites for hydroxylation is 1. The first kappa shape index (κ1) is 22.6. The summed E-state index contributed by atoms with van der Waals surface area (Å²) in [5.41, 5.74) is 1.11. The van der Waals surface area contributed by atoms with Crippen molar-refractivity contribution in [2.24, 2.45) is 0 Å². The molecule has 170 valence electrons. The Balaban J connectivity index is 1.51. The predicted octanol–water partition coefficient (Wildman–Crippen LogP) is 5.76. The topological polar surface area (TPSA) is 107 Å². The monoisotopic (exact) mass is 485 g/mol. The van der Waals surface area contributed by atoms with Gasteiger partial charge in [0, 0.05) is 23.7 Å². The first-order valence-electron chi connectivity index (χ1n) is 9.89. The first-order valence-corrected chi connectivity index (χ1v) is 11.1. The van der Waals surface area contributed by atoms with E-state index in [1.165, 1.54) is 11.3 Å². The van der Waals surface area contributed by atoms with Gasteiger partial charge in [-0.15, -0.1) is 10.2 Å². The zero-order chi connectivity index (χ0) is 23.4. The van der Waals surface area contributed by atoms with E-state index in [9.17, 15) is 4.79 Å². The fourth-order valence-corrected chi connectivity index (χ4v) is 3.91. The van der Waals surface area contributed by atoms with Crippen molar-refractivity contribution in [3.05, 3.63) is 52.6 Å². The number of amides is 2. The van der Waals surface area contributed by atoms with Gasteiger partial charge in [-0.3, -0.25) is 10.3 Å². The summed E-state index contributed by atoms with van der Waals surface area (Å²) >= 11 is 7.69. The molecule has 0 aliphatic heterocycles. The molecule has 4 aromatic rings.